The van der Waals surface area contributed by atoms with Crippen LogP contribution in [0.3, 0.4) is 0 Å². The number of nitrogens with zero attached hydrogens (tertiary/aromatic N) is 1. The molecule has 0 saturated carbocycles. The molecule has 0 saturated heterocycles. The Morgan fingerprint density at radius 1 is 1.21 bits per heavy atom. The lowest BCUT2D eigenvalue weighted by Gasteiger charge is -2.15. The van der Waals surface area contributed by atoms with Crippen molar-refractivity contribution in [3.63, 3.8) is 0 Å². The minimum atomic E-state index is -3.66. The Hall–Kier alpha value is -3.41. The van der Waals surface area contributed by atoms with Crippen molar-refractivity contribution < 1.29 is 27.5 Å². The fourth-order valence-corrected chi connectivity index (χ4v) is 3.76. The van der Waals surface area contributed by atoms with Crippen LogP contribution < -0.4 is 19.8 Å². The molecule has 0 aliphatic rings. The van der Waals surface area contributed by atoms with Gasteiger partial charge in [-0.25, -0.2) is 14.3 Å². The van der Waals surface area contributed by atoms with Crippen molar-refractivity contribution in [2.75, 3.05) is 32.0 Å². The van der Waals surface area contributed by atoms with E-state index < -0.39 is 21.9 Å². The van der Waals surface area contributed by atoms with Gasteiger partial charge in [-0.1, -0.05) is 12.1 Å². The van der Waals surface area contributed by atoms with Crippen molar-refractivity contribution in [2.24, 2.45) is 0 Å². The molecule has 1 amide bonds. The van der Waals surface area contributed by atoms with Crippen LogP contribution in [0.4, 0.5) is 10.5 Å². The van der Waals surface area contributed by atoms with E-state index in [-0.39, 0.29) is 30.9 Å². The second kappa shape index (κ2) is 10.0. The first kappa shape index (κ1) is 24.2. The van der Waals surface area contributed by atoms with Gasteiger partial charge in [0.1, 0.15) is 11.3 Å². The van der Waals surface area contributed by atoms with Gasteiger partial charge in [0.05, 0.1) is 12.3 Å². The Kier molecular flexibility index (Phi) is 7.36. The van der Waals surface area contributed by atoms with E-state index in [2.05, 4.69) is 9.44 Å². The quantitative estimate of drug-likeness (QED) is 0.424. The SMILES string of the molecule is CNS(=O)(=O)Nc1cccc(Cc2c(C)c3ccc(OC(=O)N(C)CCO)cc3oc2=O)c1. The number of benzene rings is 2. The Morgan fingerprint density at radius 3 is 2.67 bits per heavy atom. The summed E-state index contributed by atoms with van der Waals surface area (Å²) in [5, 5.41) is 9.61. The molecule has 1 aromatic heterocycles. The molecule has 0 unspecified atom stereocenters. The van der Waals surface area contributed by atoms with E-state index in [4.69, 9.17) is 14.3 Å². The molecule has 0 radical (unpaired) electrons. The number of amides is 1. The van der Waals surface area contributed by atoms with Gasteiger partial charge in [-0.2, -0.15) is 8.42 Å². The van der Waals surface area contributed by atoms with Gasteiger partial charge in [0.25, 0.3) is 10.2 Å². The highest BCUT2D eigenvalue weighted by Gasteiger charge is 2.16. The van der Waals surface area contributed by atoms with E-state index in [0.717, 1.165) is 5.56 Å². The molecule has 2 aromatic carbocycles. The molecule has 176 valence electrons. The van der Waals surface area contributed by atoms with Crippen molar-refractivity contribution in [1.82, 2.24) is 9.62 Å². The Morgan fingerprint density at radius 2 is 1.97 bits per heavy atom. The highest BCUT2D eigenvalue weighted by atomic mass is 32.2. The van der Waals surface area contributed by atoms with Crippen LogP contribution in [0.2, 0.25) is 0 Å². The van der Waals surface area contributed by atoms with E-state index in [0.29, 0.717) is 22.2 Å². The lowest BCUT2D eigenvalue weighted by atomic mass is 9.99. The first-order valence-corrected chi connectivity index (χ1v) is 11.5. The lowest BCUT2D eigenvalue weighted by Crippen LogP contribution is -2.32. The molecule has 3 N–H and O–H groups in total. The van der Waals surface area contributed by atoms with Gasteiger partial charge in [0.2, 0.25) is 0 Å². The van der Waals surface area contributed by atoms with Crippen LogP contribution in [-0.4, -0.2) is 51.8 Å². The Balaban J connectivity index is 1.88. The molecule has 0 atom stereocenters. The number of aliphatic hydroxyl groups excluding tert-OH is 1. The molecule has 3 aromatic rings. The first-order valence-electron chi connectivity index (χ1n) is 10.0. The number of fused-ring (bicyclic) bond motifs is 1. The summed E-state index contributed by atoms with van der Waals surface area (Å²) in [6.45, 7) is 1.73. The monoisotopic (exact) mass is 475 g/mol. The fraction of sp³-hybridized carbons (Fsp3) is 0.273. The van der Waals surface area contributed by atoms with Gasteiger partial charge >= 0.3 is 11.7 Å². The zero-order chi connectivity index (χ0) is 24.2. The molecular formula is C22H25N3O7S. The van der Waals surface area contributed by atoms with Crippen LogP contribution in [0.5, 0.6) is 5.75 Å². The standard InChI is InChI=1S/C22H25N3O7S/c1-14-18-8-7-17(31-22(28)25(3)9-10-26)13-20(18)32-21(27)19(14)12-15-5-4-6-16(11-15)24-33(29,30)23-2/h4-8,11,13,23-24,26H,9-10,12H2,1-3H3. The number of aliphatic hydroxyl groups is 1. The van der Waals surface area contributed by atoms with Gasteiger partial charge < -0.3 is 19.2 Å². The number of carbonyl (C=O) groups is 1. The van der Waals surface area contributed by atoms with Crippen LogP contribution in [0, 0.1) is 6.92 Å². The average molecular weight is 476 g/mol. The van der Waals surface area contributed by atoms with E-state index in [1.807, 2.05) is 0 Å². The molecule has 33 heavy (non-hydrogen) atoms. The van der Waals surface area contributed by atoms with Crippen LogP contribution in [0.15, 0.2) is 51.7 Å². The number of anilines is 1. The highest BCUT2D eigenvalue weighted by molar-refractivity contribution is 7.90. The van der Waals surface area contributed by atoms with E-state index in [9.17, 15) is 18.0 Å². The maximum atomic E-state index is 12.7. The van der Waals surface area contributed by atoms with E-state index in [1.165, 1.54) is 25.1 Å². The van der Waals surface area contributed by atoms with E-state index >= 15 is 0 Å². The number of rotatable bonds is 8. The normalized spacial score (nSPS) is 11.4. The largest absolute Gasteiger partial charge is 0.422 e. The van der Waals surface area contributed by atoms with Crippen LogP contribution in [0.25, 0.3) is 11.0 Å². The van der Waals surface area contributed by atoms with Crippen LogP contribution in [-0.2, 0) is 16.6 Å². The number of hydrogen-bond acceptors (Lipinski definition) is 7. The average Bonchev–Trinajstić information content (AvgIpc) is 2.76. The zero-order valence-corrected chi connectivity index (χ0v) is 19.2. The maximum Gasteiger partial charge on any atom is 0.415 e. The number of nitrogens with one attached hydrogen (secondary N) is 2. The second-order valence-corrected chi connectivity index (χ2v) is 8.97. The molecule has 0 aliphatic carbocycles. The summed E-state index contributed by atoms with van der Waals surface area (Å²) in [4.78, 5) is 26.0. The van der Waals surface area contributed by atoms with Crippen LogP contribution >= 0.6 is 0 Å². The smallest absolute Gasteiger partial charge is 0.415 e. The summed E-state index contributed by atoms with van der Waals surface area (Å²) in [6, 6.07) is 11.5. The van der Waals surface area contributed by atoms with Crippen molar-refractivity contribution in [2.45, 2.75) is 13.3 Å². The summed E-state index contributed by atoms with van der Waals surface area (Å²) >= 11 is 0. The number of hydrogen-bond donors (Lipinski definition) is 3. The third kappa shape index (κ3) is 5.89. The summed E-state index contributed by atoms with van der Waals surface area (Å²) in [6.07, 6.45) is -0.407. The predicted octanol–water partition coefficient (Wildman–Crippen LogP) is 1.99. The third-order valence-electron chi connectivity index (χ3n) is 5.04. The summed E-state index contributed by atoms with van der Waals surface area (Å²) < 4.78 is 38.8. The molecule has 0 bridgehead atoms. The second-order valence-electron chi connectivity index (χ2n) is 7.35. The van der Waals surface area contributed by atoms with Gasteiger partial charge in [0, 0.05) is 44.1 Å². The molecule has 0 spiro atoms. The Bertz CT molecular complexity index is 1340. The van der Waals surface area contributed by atoms with Gasteiger partial charge in [-0.3, -0.25) is 4.72 Å². The first-order chi connectivity index (χ1) is 15.6. The fourth-order valence-electron chi connectivity index (χ4n) is 3.22. The molecule has 3 rings (SSSR count). The maximum absolute atomic E-state index is 12.7. The van der Waals surface area contributed by atoms with Crippen molar-refractivity contribution >= 4 is 33.0 Å². The summed E-state index contributed by atoms with van der Waals surface area (Å²) in [7, 11) is -0.864. The summed E-state index contributed by atoms with van der Waals surface area (Å²) in [5.74, 6) is 0.206. The van der Waals surface area contributed by atoms with Gasteiger partial charge in [-0.05, 0) is 42.3 Å². The van der Waals surface area contributed by atoms with Crippen LogP contribution in [0.1, 0.15) is 16.7 Å². The van der Waals surface area contributed by atoms with Crippen molar-refractivity contribution in [3.8, 4) is 5.75 Å². The van der Waals surface area contributed by atoms with Gasteiger partial charge in [-0.15, -0.1) is 0 Å². The number of likely N-dealkylation sites (N-methyl/N-ethyl adjacent to an activating group) is 1. The topological polar surface area (TPSA) is 138 Å². The lowest BCUT2D eigenvalue weighted by molar-refractivity contribution is 0.150. The summed E-state index contributed by atoms with van der Waals surface area (Å²) in [5.41, 5.74) is 1.95. The predicted molar refractivity (Wildman–Crippen MR) is 124 cm³/mol. The van der Waals surface area contributed by atoms with E-state index in [1.54, 1.807) is 43.3 Å². The molecule has 0 fully saturated rings. The molecule has 1 heterocycles. The molecule has 11 heteroatoms. The minimum Gasteiger partial charge on any atom is -0.422 e. The van der Waals surface area contributed by atoms with Gasteiger partial charge in [0.15, 0.2) is 0 Å². The minimum absolute atomic E-state index is 0.127. The number of ether oxygens (including phenoxy) is 1. The molecule has 10 nitrogen and oxygen atoms in total. The molecule has 0 aliphatic heterocycles. The zero-order valence-electron chi connectivity index (χ0n) is 18.4. The highest BCUT2D eigenvalue weighted by Crippen LogP contribution is 2.26. The Labute approximate surface area is 191 Å². The third-order valence-corrected chi connectivity index (χ3v) is 6.08. The van der Waals surface area contributed by atoms with Crippen molar-refractivity contribution in [3.05, 3.63) is 69.6 Å². The molecular weight excluding hydrogens is 450 g/mol. The number of carbonyl (C=O) groups excluding carboxylic acids is 1. The van der Waals surface area contributed by atoms with Crippen molar-refractivity contribution in [1.29, 1.82) is 0 Å². The number of aryl methyl sites for hydroxylation is 1.